The minimum Gasteiger partial charge on any atom is -0.402 e. The lowest BCUT2D eigenvalue weighted by Gasteiger charge is -2.21. The quantitative estimate of drug-likeness (QED) is 0.584. The molecule has 0 atom stereocenters. The van der Waals surface area contributed by atoms with E-state index in [4.69, 9.17) is 4.43 Å². The van der Waals surface area contributed by atoms with E-state index in [1.54, 1.807) is 0 Å². The standard InChI is InChI=1S/C16H25NOSi/c1-5-17(6-2)14-10-11-15-18-19(3,4)16-12-8-7-9-13-16/h7-9,12-13H,5-6,14-15H2,1-4H3. The lowest BCUT2D eigenvalue weighted by Crippen LogP contribution is -2.44. The predicted molar refractivity (Wildman–Crippen MR) is 85.1 cm³/mol. The highest BCUT2D eigenvalue weighted by Crippen LogP contribution is 2.04. The Morgan fingerprint density at radius 2 is 1.68 bits per heavy atom. The van der Waals surface area contributed by atoms with Crippen LogP contribution < -0.4 is 5.19 Å². The molecule has 0 heterocycles. The third-order valence-electron chi connectivity index (χ3n) is 3.30. The monoisotopic (exact) mass is 275 g/mol. The Labute approximate surface area is 118 Å². The molecule has 0 saturated carbocycles. The molecule has 0 aliphatic rings. The van der Waals surface area contributed by atoms with Crippen LogP contribution in [0.3, 0.4) is 0 Å². The second kappa shape index (κ2) is 8.16. The van der Waals surface area contributed by atoms with Gasteiger partial charge in [-0.1, -0.05) is 56.0 Å². The molecule has 0 radical (unpaired) electrons. The fourth-order valence-electron chi connectivity index (χ4n) is 1.81. The van der Waals surface area contributed by atoms with E-state index in [9.17, 15) is 0 Å². The van der Waals surface area contributed by atoms with Gasteiger partial charge in [0, 0.05) is 0 Å². The summed E-state index contributed by atoms with van der Waals surface area (Å²) in [6.07, 6.45) is 0. The molecule has 0 bridgehead atoms. The third kappa shape index (κ3) is 5.60. The molecule has 1 aromatic carbocycles. The van der Waals surface area contributed by atoms with E-state index in [1.165, 1.54) is 5.19 Å². The number of nitrogens with zero attached hydrogens (tertiary/aromatic N) is 1. The molecular formula is C16H25NOSi. The predicted octanol–water partition coefficient (Wildman–Crippen LogP) is 2.46. The maximum atomic E-state index is 6.01. The van der Waals surface area contributed by atoms with E-state index in [-0.39, 0.29) is 0 Å². The summed E-state index contributed by atoms with van der Waals surface area (Å²) in [6, 6.07) is 10.5. The lowest BCUT2D eigenvalue weighted by atomic mass is 10.4. The molecule has 19 heavy (non-hydrogen) atoms. The third-order valence-corrected chi connectivity index (χ3v) is 5.89. The first-order valence-electron chi connectivity index (χ1n) is 6.97. The topological polar surface area (TPSA) is 12.5 Å². The largest absolute Gasteiger partial charge is 0.402 e. The SMILES string of the molecule is CCN(CC)CC#CCO[Si](C)(C)c1ccccc1. The van der Waals surface area contributed by atoms with Crippen LogP contribution >= 0.6 is 0 Å². The molecule has 1 rings (SSSR count). The van der Waals surface area contributed by atoms with Crippen LogP contribution in [0.4, 0.5) is 0 Å². The van der Waals surface area contributed by atoms with Gasteiger partial charge < -0.3 is 4.43 Å². The minimum atomic E-state index is -1.79. The van der Waals surface area contributed by atoms with E-state index in [2.05, 4.69) is 67.9 Å². The highest BCUT2D eigenvalue weighted by Gasteiger charge is 2.24. The molecule has 0 aliphatic carbocycles. The van der Waals surface area contributed by atoms with Gasteiger partial charge in [-0.25, -0.2) is 0 Å². The van der Waals surface area contributed by atoms with E-state index in [1.807, 2.05) is 6.07 Å². The second-order valence-electron chi connectivity index (χ2n) is 4.98. The molecule has 2 nitrogen and oxygen atoms in total. The van der Waals surface area contributed by atoms with Crippen molar-refractivity contribution >= 4 is 13.5 Å². The van der Waals surface area contributed by atoms with Crippen LogP contribution in [-0.2, 0) is 4.43 Å². The van der Waals surface area contributed by atoms with Crippen molar-refractivity contribution in [1.29, 1.82) is 0 Å². The second-order valence-corrected chi connectivity index (χ2v) is 8.87. The van der Waals surface area contributed by atoms with Crippen LogP contribution in [-0.4, -0.2) is 39.5 Å². The van der Waals surface area contributed by atoms with Crippen molar-refractivity contribution in [3.63, 3.8) is 0 Å². The molecule has 0 fully saturated rings. The summed E-state index contributed by atoms with van der Waals surface area (Å²) in [6.45, 7) is 12.2. The van der Waals surface area contributed by atoms with Gasteiger partial charge in [0.05, 0.1) is 13.2 Å². The molecular weight excluding hydrogens is 250 g/mol. The number of rotatable bonds is 6. The molecule has 0 saturated heterocycles. The first kappa shape index (κ1) is 16.0. The maximum Gasteiger partial charge on any atom is 0.219 e. The zero-order valence-electron chi connectivity index (χ0n) is 12.6. The van der Waals surface area contributed by atoms with E-state index in [0.29, 0.717) is 6.61 Å². The molecule has 0 amide bonds. The molecule has 3 heteroatoms. The molecule has 104 valence electrons. The first-order valence-corrected chi connectivity index (χ1v) is 9.88. The van der Waals surface area contributed by atoms with Gasteiger partial charge in [-0.05, 0) is 31.4 Å². The highest BCUT2D eigenvalue weighted by atomic mass is 28.4. The Morgan fingerprint density at radius 3 is 2.26 bits per heavy atom. The first-order chi connectivity index (χ1) is 9.10. The fourth-order valence-corrected chi connectivity index (χ4v) is 3.40. The average molecular weight is 275 g/mol. The molecule has 1 aromatic rings. The summed E-state index contributed by atoms with van der Waals surface area (Å²) < 4.78 is 6.01. The van der Waals surface area contributed by atoms with Gasteiger partial charge in [-0.2, -0.15) is 0 Å². The van der Waals surface area contributed by atoms with Crippen LogP contribution in [0.15, 0.2) is 30.3 Å². The van der Waals surface area contributed by atoms with Gasteiger partial charge in [0.15, 0.2) is 0 Å². The Morgan fingerprint density at radius 1 is 1.05 bits per heavy atom. The van der Waals surface area contributed by atoms with E-state index < -0.39 is 8.32 Å². The van der Waals surface area contributed by atoms with Crippen LogP contribution in [0.5, 0.6) is 0 Å². The van der Waals surface area contributed by atoms with E-state index >= 15 is 0 Å². The van der Waals surface area contributed by atoms with Crippen LogP contribution in [0, 0.1) is 11.8 Å². The molecule has 0 unspecified atom stereocenters. The normalized spacial score (nSPS) is 11.2. The maximum absolute atomic E-state index is 6.01. The van der Waals surface area contributed by atoms with E-state index in [0.717, 1.165) is 19.6 Å². The molecule has 0 aromatic heterocycles. The van der Waals surface area contributed by atoms with Gasteiger partial charge >= 0.3 is 0 Å². The zero-order chi connectivity index (χ0) is 14.1. The van der Waals surface area contributed by atoms with Crippen LogP contribution in [0.1, 0.15) is 13.8 Å². The van der Waals surface area contributed by atoms with Crippen molar-refractivity contribution in [2.75, 3.05) is 26.2 Å². The van der Waals surface area contributed by atoms with Crippen molar-refractivity contribution in [1.82, 2.24) is 4.90 Å². The van der Waals surface area contributed by atoms with Gasteiger partial charge in [0.2, 0.25) is 8.32 Å². The highest BCUT2D eigenvalue weighted by molar-refractivity contribution is 6.84. The summed E-state index contributed by atoms with van der Waals surface area (Å²) in [4.78, 5) is 2.30. The Hall–Kier alpha value is -1.08. The Balaban J connectivity index is 2.42. The van der Waals surface area contributed by atoms with Crippen LogP contribution in [0.25, 0.3) is 0 Å². The number of hydrogen-bond acceptors (Lipinski definition) is 2. The molecule has 0 aliphatic heterocycles. The van der Waals surface area contributed by atoms with Crippen molar-refractivity contribution in [3.05, 3.63) is 30.3 Å². The summed E-state index contributed by atoms with van der Waals surface area (Å²) in [5.41, 5.74) is 0. The number of hydrogen-bond donors (Lipinski definition) is 0. The summed E-state index contributed by atoms with van der Waals surface area (Å²) in [5.74, 6) is 6.32. The lowest BCUT2D eigenvalue weighted by molar-refractivity contribution is 0.341. The zero-order valence-corrected chi connectivity index (χ0v) is 13.6. The fraction of sp³-hybridized carbons (Fsp3) is 0.500. The smallest absolute Gasteiger partial charge is 0.219 e. The molecule has 0 N–H and O–H groups in total. The van der Waals surface area contributed by atoms with Gasteiger partial charge in [0.1, 0.15) is 0 Å². The van der Waals surface area contributed by atoms with Gasteiger partial charge in [0.25, 0.3) is 0 Å². The van der Waals surface area contributed by atoms with Crippen molar-refractivity contribution in [2.24, 2.45) is 0 Å². The van der Waals surface area contributed by atoms with Gasteiger partial charge in [-0.3, -0.25) is 4.90 Å². The summed E-state index contributed by atoms with van der Waals surface area (Å²) >= 11 is 0. The Kier molecular flexibility index (Phi) is 6.86. The minimum absolute atomic E-state index is 0.537. The Bertz CT molecular complexity index is 415. The average Bonchev–Trinajstić information content (AvgIpc) is 2.44. The van der Waals surface area contributed by atoms with Crippen LogP contribution in [0.2, 0.25) is 13.1 Å². The van der Waals surface area contributed by atoms with Crippen molar-refractivity contribution in [3.8, 4) is 11.8 Å². The van der Waals surface area contributed by atoms with Crippen molar-refractivity contribution in [2.45, 2.75) is 26.9 Å². The summed E-state index contributed by atoms with van der Waals surface area (Å²) in [5, 5.41) is 1.32. The molecule has 0 spiro atoms. The summed E-state index contributed by atoms with van der Waals surface area (Å²) in [7, 11) is -1.79. The van der Waals surface area contributed by atoms with Crippen molar-refractivity contribution < 1.29 is 4.43 Å². The van der Waals surface area contributed by atoms with Gasteiger partial charge in [-0.15, -0.1) is 0 Å². The number of benzene rings is 1.